The number of benzene rings is 2. The highest BCUT2D eigenvalue weighted by atomic mass is 16.2. The molecule has 2 aromatic carbocycles. The van der Waals surface area contributed by atoms with Gasteiger partial charge in [0.25, 0.3) is 23.6 Å². The number of amides is 4. The first-order valence-electron chi connectivity index (χ1n) is 11.4. The number of rotatable bonds is 8. The van der Waals surface area contributed by atoms with Gasteiger partial charge in [-0.25, -0.2) is 0 Å². The van der Waals surface area contributed by atoms with Crippen LogP contribution in [0.2, 0.25) is 0 Å². The molecular weight excluding hydrogens is 436 g/mol. The van der Waals surface area contributed by atoms with Crippen LogP contribution in [-0.4, -0.2) is 58.1 Å². The highest BCUT2D eigenvalue weighted by Crippen LogP contribution is 2.39. The van der Waals surface area contributed by atoms with Crippen LogP contribution >= 0.6 is 0 Å². The standard InChI is InChI=1S/C26H26N2O6/c1-13(2)9-15(11-29)27-23(31)17-5-7-19-22-20(8-6-18(21(17)22)24(27)32)26(34)28(25(19)33)16(12-30)10-14(3)4/h5-8,11-16H,9-10H2,1-4H3/t15-,16-/m0/s1. The highest BCUT2D eigenvalue weighted by molar-refractivity contribution is 6.33. The lowest BCUT2D eigenvalue weighted by atomic mass is 9.84. The minimum atomic E-state index is -0.918. The summed E-state index contributed by atoms with van der Waals surface area (Å²) in [5.74, 6) is -2.38. The van der Waals surface area contributed by atoms with Crippen molar-refractivity contribution in [2.24, 2.45) is 11.8 Å². The summed E-state index contributed by atoms with van der Waals surface area (Å²) in [4.78, 5) is 78.9. The van der Waals surface area contributed by atoms with Crippen LogP contribution in [0.4, 0.5) is 0 Å². The van der Waals surface area contributed by atoms with Crippen molar-refractivity contribution < 1.29 is 28.8 Å². The van der Waals surface area contributed by atoms with Crippen molar-refractivity contribution in [1.29, 1.82) is 0 Å². The molecule has 2 aliphatic rings. The van der Waals surface area contributed by atoms with Crippen LogP contribution in [0.5, 0.6) is 0 Å². The topological polar surface area (TPSA) is 109 Å². The molecule has 176 valence electrons. The van der Waals surface area contributed by atoms with Crippen molar-refractivity contribution in [1.82, 2.24) is 9.80 Å². The van der Waals surface area contributed by atoms with Gasteiger partial charge in [0.2, 0.25) is 0 Å². The Balaban J connectivity index is 1.89. The van der Waals surface area contributed by atoms with Crippen LogP contribution in [-0.2, 0) is 9.59 Å². The van der Waals surface area contributed by atoms with Crippen molar-refractivity contribution in [3.05, 3.63) is 46.5 Å². The third kappa shape index (κ3) is 3.45. The minimum absolute atomic E-state index is 0.0744. The van der Waals surface area contributed by atoms with Crippen molar-refractivity contribution in [2.75, 3.05) is 0 Å². The fourth-order valence-corrected chi connectivity index (χ4v) is 4.92. The molecule has 0 aromatic heterocycles. The number of aldehydes is 2. The fraction of sp³-hybridized carbons (Fsp3) is 0.385. The number of carbonyl (C=O) groups excluding carboxylic acids is 6. The van der Waals surface area contributed by atoms with Gasteiger partial charge >= 0.3 is 0 Å². The SMILES string of the molecule is CC(C)C[C@@H](C=O)N1C(=O)c2ccc3c4c(ccc(c24)C1=O)C(=O)N([C@H](C=O)CC(C)C)C3=O. The summed E-state index contributed by atoms with van der Waals surface area (Å²) in [5, 5.41) is 0.478. The van der Waals surface area contributed by atoms with Gasteiger partial charge in [-0.2, -0.15) is 0 Å². The van der Waals surface area contributed by atoms with Crippen molar-refractivity contribution in [3.8, 4) is 0 Å². The van der Waals surface area contributed by atoms with Crippen LogP contribution in [0.15, 0.2) is 24.3 Å². The monoisotopic (exact) mass is 462 g/mol. The van der Waals surface area contributed by atoms with Gasteiger partial charge in [-0.1, -0.05) is 27.7 Å². The van der Waals surface area contributed by atoms with Crippen LogP contribution in [0, 0.1) is 11.8 Å². The normalized spacial score (nSPS) is 17.1. The number of carbonyl (C=O) groups is 6. The maximum atomic E-state index is 13.3. The molecule has 2 atom stereocenters. The Labute approximate surface area is 196 Å². The molecule has 0 aliphatic carbocycles. The van der Waals surface area contributed by atoms with E-state index in [0.717, 1.165) is 9.80 Å². The predicted molar refractivity (Wildman–Crippen MR) is 124 cm³/mol. The Bertz CT molecular complexity index is 1090. The number of hydrogen-bond acceptors (Lipinski definition) is 6. The van der Waals surface area contributed by atoms with Gasteiger partial charge in [-0.05, 0) is 48.9 Å². The average Bonchev–Trinajstić information content (AvgIpc) is 2.79. The zero-order valence-electron chi connectivity index (χ0n) is 19.5. The lowest BCUT2D eigenvalue weighted by Crippen LogP contribution is -2.50. The number of imide groups is 2. The predicted octanol–water partition coefficient (Wildman–Crippen LogP) is 3.26. The molecule has 34 heavy (non-hydrogen) atoms. The first kappa shape index (κ1) is 23.5. The van der Waals surface area contributed by atoms with Gasteiger partial charge in [0.15, 0.2) is 0 Å². The summed E-state index contributed by atoms with van der Waals surface area (Å²) in [6, 6.07) is 3.97. The van der Waals surface area contributed by atoms with E-state index < -0.39 is 35.7 Å². The third-order valence-corrected chi connectivity index (χ3v) is 6.36. The zero-order valence-corrected chi connectivity index (χ0v) is 19.5. The van der Waals surface area contributed by atoms with Gasteiger partial charge < -0.3 is 9.59 Å². The van der Waals surface area contributed by atoms with E-state index in [1.54, 1.807) is 0 Å². The van der Waals surface area contributed by atoms with E-state index in [1.165, 1.54) is 24.3 Å². The summed E-state index contributed by atoms with van der Waals surface area (Å²) in [6.45, 7) is 7.57. The van der Waals surface area contributed by atoms with E-state index in [-0.39, 0.29) is 44.9 Å². The molecule has 2 heterocycles. The maximum Gasteiger partial charge on any atom is 0.262 e. The Morgan fingerprint density at radius 2 is 0.853 bits per heavy atom. The van der Waals surface area contributed by atoms with Crippen LogP contribution in [0.1, 0.15) is 82.0 Å². The van der Waals surface area contributed by atoms with E-state index >= 15 is 0 Å². The molecule has 4 amide bonds. The molecule has 0 N–H and O–H groups in total. The first-order chi connectivity index (χ1) is 16.1. The highest BCUT2D eigenvalue weighted by Gasteiger charge is 2.43. The molecule has 0 unspecified atom stereocenters. The Morgan fingerprint density at radius 1 is 0.588 bits per heavy atom. The summed E-state index contributed by atoms with van der Waals surface area (Å²) in [7, 11) is 0. The molecule has 0 fully saturated rings. The number of nitrogens with zero attached hydrogens (tertiary/aromatic N) is 2. The van der Waals surface area contributed by atoms with Crippen molar-refractivity contribution in [3.63, 3.8) is 0 Å². The summed E-state index contributed by atoms with van der Waals surface area (Å²) in [5.41, 5.74) is 0.644. The van der Waals surface area contributed by atoms with Gasteiger partial charge in [0, 0.05) is 33.0 Å². The quantitative estimate of drug-likeness (QED) is 0.440. The Kier molecular flexibility index (Phi) is 5.93. The molecule has 0 spiro atoms. The van der Waals surface area contributed by atoms with E-state index in [2.05, 4.69) is 0 Å². The van der Waals surface area contributed by atoms with Crippen LogP contribution < -0.4 is 0 Å². The van der Waals surface area contributed by atoms with Crippen molar-refractivity contribution in [2.45, 2.75) is 52.6 Å². The van der Waals surface area contributed by atoms with Crippen molar-refractivity contribution >= 4 is 47.0 Å². The molecule has 0 bridgehead atoms. The molecule has 4 rings (SSSR count). The van der Waals surface area contributed by atoms with Gasteiger partial charge in [-0.15, -0.1) is 0 Å². The molecule has 8 heteroatoms. The third-order valence-electron chi connectivity index (χ3n) is 6.36. The van der Waals surface area contributed by atoms with E-state index in [1.807, 2.05) is 27.7 Å². The Hall–Kier alpha value is -3.68. The Morgan fingerprint density at radius 3 is 1.06 bits per heavy atom. The van der Waals surface area contributed by atoms with Crippen LogP contribution in [0.25, 0.3) is 10.8 Å². The first-order valence-corrected chi connectivity index (χ1v) is 11.4. The molecule has 2 aliphatic heterocycles. The van der Waals surface area contributed by atoms with Gasteiger partial charge in [0.1, 0.15) is 12.6 Å². The fourth-order valence-electron chi connectivity index (χ4n) is 4.92. The van der Waals surface area contributed by atoms with E-state index in [0.29, 0.717) is 25.4 Å². The molecule has 8 nitrogen and oxygen atoms in total. The van der Waals surface area contributed by atoms with Gasteiger partial charge in [0.05, 0.1) is 12.1 Å². The molecule has 2 aromatic rings. The number of hydrogen-bond donors (Lipinski definition) is 0. The average molecular weight is 463 g/mol. The van der Waals surface area contributed by atoms with Gasteiger partial charge in [-0.3, -0.25) is 29.0 Å². The molecular formula is C26H26N2O6. The zero-order chi connectivity index (χ0) is 24.9. The van der Waals surface area contributed by atoms with E-state index in [9.17, 15) is 28.8 Å². The lowest BCUT2D eigenvalue weighted by Gasteiger charge is -2.35. The molecule has 0 saturated carbocycles. The minimum Gasteiger partial charge on any atom is -0.301 e. The van der Waals surface area contributed by atoms with Crippen LogP contribution in [0.3, 0.4) is 0 Å². The second-order valence-corrected chi connectivity index (χ2v) is 9.70. The second kappa shape index (κ2) is 8.59. The smallest absolute Gasteiger partial charge is 0.262 e. The largest absolute Gasteiger partial charge is 0.301 e. The maximum absolute atomic E-state index is 13.3. The lowest BCUT2D eigenvalue weighted by molar-refractivity contribution is -0.112. The summed E-state index contributed by atoms with van der Waals surface area (Å²) >= 11 is 0. The molecule has 0 radical (unpaired) electrons. The summed E-state index contributed by atoms with van der Waals surface area (Å²) in [6.07, 6.45) is 1.85. The molecule has 0 saturated heterocycles. The summed E-state index contributed by atoms with van der Waals surface area (Å²) < 4.78 is 0. The second-order valence-electron chi connectivity index (χ2n) is 9.70. The van der Waals surface area contributed by atoms with E-state index in [4.69, 9.17) is 0 Å².